The number of anilines is 1. The zero-order valence-electron chi connectivity index (χ0n) is 19.1. The smallest absolute Gasteiger partial charge is 0.255 e. The molecule has 0 unspecified atom stereocenters. The van der Waals surface area contributed by atoms with Crippen molar-refractivity contribution in [3.8, 4) is 0 Å². The van der Waals surface area contributed by atoms with Crippen LogP contribution in [0.1, 0.15) is 27.0 Å². The third-order valence-corrected chi connectivity index (χ3v) is 6.77. The van der Waals surface area contributed by atoms with E-state index in [9.17, 15) is 18.0 Å². The SMILES string of the molecule is Cc1ccc(C(=O)Nc2cccc(/C=N/NC(=O)CN(C)S(=O)(=O)c3ccc(C)cc3)c2)cc1. The second-order valence-electron chi connectivity index (χ2n) is 7.81. The Kier molecular flexibility index (Phi) is 7.93. The Balaban J connectivity index is 1.56. The van der Waals surface area contributed by atoms with Gasteiger partial charge in [-0.25, -0.2) is 13.8 Å². The van der Waals surface area contributed by atoms with Gasteiger partial charge in [0, 0.05) is 18.3 Å². The predicted molar refractivity (Wildman–Crippen MR) is 132 cm³/mol. The molecule has 3 rings (SSSR count). The third kappa shape index (κ3) is 6.60. The van der Waals surface area contributed by atoms with Crippen molar-refractivity contribution in [1.82, 2.24) is 9.73 Å². The van der Waals surface area contributed by atoms with E-state index in [0.717, 1.165) is 15.4 Å². The molecule has 0 bridgehead atoms. The zero-order chi connectivity index (χ0) is 24.7. The van der Waals surface area contributed by atoms with Gasteiger partial charge in [-0.2, -0.15) is 9.41 Å². The second-order valence-corrected chi connectivity index (χ2v) is 9.86. The molecule has 176 valence electrons. The first-order chi connectivity index (χ1) is 16.1. The van der Waals surface area contributed by atoms with Gasteiger partial charge in [-0.3, -0.25) is 9.59 Å². The Bertz CT molecular complexity index is 1300. The highest BCUT2D eigenvalue weighted by Crippen LogP contribution is 2.15. The summed E-state index contributed by atoms with van der Waals surface area (Å²) in [6, 6.07) is 20.6. The van der Waals surface area contributed by atoms with Crippen molar-refractivity contribution in [2.75, 3.05) is 18.9 Å². The fourth-order valence-corrected chi connectivity index (χ4v) is 4.12. The van der Waals surface area contributed by atoms with E-state index in [1.54, 1.807) is 48.5 Å². The summed E-state index contributed by atoms with van der Waals surface area (Å²) >= 11 is 0. The van der Waals surface area contributed by atoms with Gasteiger partial charge < -0.3 is 5.32 Å². The minimum atomic E-state index is -3.79. The van der Waals surface area contributed by atoms with Crippen LogP contribution in [0.4, 0.5) is 5.69 Å². The fraction of sp³-hybridized carbons (Fsp3) is 0.160. The number of aryl methyl sites for hydroxylation is 2. The Morgan fingerprint density at radius 3 is 2.21 bits per heavy atom. The van der Waals surface area contributed by atoms with E-state index >= 15 is 0 Å². The van der Waals surface area contributed by atoms with Gasteiger partial charge in [0.25, 0.3) is 11.8 Å². The van der Waals surface area contributed by atoms with Crippen molar-refractivity contribution >= 4 is 33.7 Å². The lowest BCUT2D eigenvalue weighted by Crippen LogP contribution is -2.36. The molecular weight excluding hydrogens is 452 g/mol. The van der Waals surface area contributed by atoms with Gasteiger partial charge in [0.15, 0.2) is 0 Å². The largest absolute Gasteiger partial charge is 0.322 e. The maximum absolute atomic E-state index is 12.6. The van der Waals surface area contributed by atoms with E-state index in [1.165, 1.54) is 25.4 Å². The molecule has 8 nitrogen and oxygen atoms in total. The molecule has 2 N–H and O–H groups in total. The Morgan fingerprint density at radius 1 is 0.941 bits per heavy atom. The van der Waals surface area contributed by atoms with Crippen LogP contribution in [0.5, 0.6) is 0 Å². The number of benzene rings is 3. The Morgan fingerprint density at radius 2 is 1.56 bits per heavy atom. The third-order valence-electron chi connectivity index (χ3n) is 4.96. The van der Waals surface area contributed by atoms with Crippen molar-refractivity contribution in [2.24, 2.45) is 5.10 Å². The molecule has 3 aromatic carbocycles. The van der Waals surface area contributed by atoms with Crippen molar-refractivity contribution in [1.29, 1.82) is 0 Å². The molecule has 0 fully saturated rings. The normalized spacial score (nSPS) is 11.5. The van der Waals surface area contributed by atoms with Crippen LogP contribution in [0.2, 0.25) is 0 Å². The number of sulfonamides is 1. The zero-order valence-corrected chi connectivity index (χ0v) is 20.0. The van der Waals surface area contributed by atoms with Gasteiger partial charge in [-0.15, -0.1) is 0 Å². The second kappa shape index (κ2) is 10.9. The minimum absolute atomic E-state index is 0.112. The predicted octanol–water partition coefficient (Wildman–Crippen LogP) is 3.33. The van der Waals surface area contributed by atoms with Crippen molar-refractivity contribution in [3.63, 3.8) is 0 Å². The Hall–Kier alpha value is -3.82. The number of nitrogens with one attached hydrogen (secondary N) is 2. The van der Waals surface area contributed by atoms with Gasteiger partial charge in [-0.05, 0) is 55.8 Å². The number of likely N-dealkylation sites (N-methyl/N-ethyl adjacent to an activating group) is 1. The van der Waals surface area contributed by atoms with Crippen LogP contribution in [0.15, 0.2) is 82.8 Å². The van der Waals surface area contributed by atoms with Crippen LogP contribution in [-0.2, 0) is 14.8 Å². The monoisotopic (exact) mass is 478 g/mol. The summed E-state index contributed by atoms with van der Waals surface area (Å²) in [7, 11) is -2.46. The first kappa shape index (κ1) is 24.8. The molecule has 3 aromatic rings. The summed E-state index contributed by atoms with van der Waals surface area (Å²) in [6.07, 6.45) is 1.41. The quantitative estimate of drug-likeness (QED) is 0.382. The lowest BCUT2D eigenvalue weighted by molar-refractivity contribution is -0.121. The summed E-state index contributed by atoms with van der Waals surface area (Å²) in [6.45, 7) is 3.42. The van der Waals surface area contributed by atoms with E-state index in [-0.39, 0.29) is 17.3 Å². The van der Waals surface area contributed by atoms with Gasteiger partial charge in [0.1, 0.15) is 0 Å². The molecule has 0 heterocycles. The molecule has 0 radical (unpaired) electrons. The van der Waals surface area contributed by atoms with E-state index in [2.05, 4.69) is 15.8 Å². The number of carbonyl (C=O) groups is 2. The topological polar surface area (TPSA) is 108 Å². The molecular formula is C25H26N4O4S. The van der Waals surface area contributed by atoms with Crippen LogP contribution in [0, 0.1) is 13.8 Å². The lowest BCUT2D eigenvalue weighted by Gasteiger charge is -2.16. The molecule has 0 spiro atoms. The molecule has 0 aromatic heterocycles. The minimum Gasteiger partial charge on any atom is -0.322 e. The highest BCUT2D eigenvalue weighted by Gasteiger charge is 2.22. The molecule has 0 atom stereocenters. The summed E-state index contributed by atoms with van der Waals surface area (Å²) in [4.78, 5) is 24.7. The standard InChI is InChI=1S/C25H26N4O4S/c1-18-7-11-21(12-8-18)25(31)27-22-6-4-5-20(15-22)16-26-28-24(30)17-29(3)34(32,33)23-13-9-19(2)10-14-23/h4-16H,17H2,1-3H3,(H,27,31)(H,28,30)/b26-16+. The first-order valence-electron chi connectivity index (χ1n) is 10.5. The van der Waals surface area contributed by atoms with Crippen LogP contribution in [0.25, 0.3) is 0 Å². The lowest BCUT2D eigenvalue weighted by atomic mass is 10.1. The number of rotatable bonds is 8. The summed E-state index contributed by atoms with van der Waals surface area (Å²) < 4.78 is 26.1. The number of amides is 2. The van der Waals surface area contributed by atoms with Crippen molar-refractivity contribution in [3.05, 3.63) is 95.1 Å². The van der Waals surface area contributed by atoms with E-state index < -0.39 is 15.9 Å². The van der Waals surface area contributed by atoms with E-state index in [1.807, 2.05) is 26.0 Å². The highest BCUT2D eigenvalue weighted by atomic mass is 32.2. The molecule has 0 aliphatic rings. The van der Waals surface area contributed by atoms with Crippen LogP contribution in [0.3, 0.4) is 0 Å². The average molecular weight is 479 g/mol. The van der Waals surface area contributed by atoms with Gasteiger partial charge in [0.2, 0.25) is 10.0 Å². The van der Waals surface area contributed by atoms with E-state index in [0.29, 0.717) is 16.8 Å². The van der Waals surface area contributed by atoms with Gasteiger partial charge in [0.05, 0.1) is 17.7 Å². The van der Waals surface area contributed by atoms with Gasteiger partial charge >= 0.3 is 0 Å². The molecule has 0 saturated heterocycles. The van der Waals surface area contributed by atoms with E-state index in [4.69, 9.17) is 0 Å². The maximum atomic E-state index is 12.6. The molecule has 2 amide bonds. The number of hydrogen-bond acceptors (Lipinski definition) is 5. The Labute approximate surface area is 199 Å². The maximum Gasteiger partial charge on any atom is 0.255 e. The number of hydrogen-bond donors (Lipinski definition) is 2. The molecule has 0 saturated carbocycles. The van der Waals surface area contributed by atoms with Crippen LogP contribution >= 0.6 is 0 Å². The van der Waals surface area contributed by atoms with Gasteiger partial charge in [-0.1, -0.05) is 47.5 Å². The molecule has 0 aliphatic heterocycles. The first-order valence-corrected chi connectivity index (χ1v) is 11.9. The average Bonchev–Trinajstić information content (AvgIpc) is 2.80. The fourth-order valence-electron chi connectivity index (χ4n) is 3.00. The van der Waals surface area contributed by atoms with Crippen LogP contribution < -0.4 is 10.7 Å². The molecule has 34 heavy (non-hydrogen) atoms. The number of nitrogens with zero attached hydrogens (tertiary/aromatic N) is 2. The number of hydrazone groups is 1. The van der Waals surface area contributed by atoms with Crippen molar-refractivity contribution in [2.45, 2.75) is 18.7 Å². The van der Waals surface area contributed by atoms with Crippen molar-refractivity contribution < 1.29 is 18.0 Å². The summed E-state index contributed by atoms with van der Waals surface area (Å²) in [5.41, 5.74) is 6.08. The molecule has 0 aliphatic carbocycles. The summed E-state index contributed by atoms with van der Waals surface area (Å²) in [5, 5.41) is 6.71. The highest BCUT2D eigenvalue weighted by molar-refractivity contribution is 7.89. The summed E-state index contributed by atoms with van der Waals surface area (Å²) in [5.74, 6) is -0.821. The van der Waals surface area contributed by atoms with Crippen LogP contribution in [-0.4, -0.2) is 44.3 Å². The molecule has 9 heteroatoms. The number of carbonyl (C=O) groups excluding carboxylic acids is 2.